The van der Waals surface area contributed by atoms with Gasteiger partial charge in [-0.2, -0.15) is 5.26 Å². The predicted molar refractivity (Wildman–Crippen MR) is 83.0 cm³/mol. The number of carboxylic acid groups (broad SMARTS) is 1. The molecule has 0 saturated heterocycles. The van der Waals surface area contributed by atoms with Crippen LogP contribution in [0.4, 0.5) is 0 Å². The minimum absolute atomic E-state index is 0.292. The van der Waals surface area contributed by atoms with Crippen molar-refractivity contribution in [2.75, 3.05) is 6.54 Å². The SMILES string of the molecule is N#Cc1ccccc1C#Cc1cnc(C(=O)NCC(=O)O)c(O)c1. The van der Waals surface area contributed by atoms with Gasteiger partial charge in [0.2, 0.25) is 0 Å². The highest BCUT2D eigenvalue weighted by Gasteiger charge is 2.13. The van der Waals surface area contributed by atoms with Gasteiger partial charge in [0.1, 0.15) is 18.4 Å². The highest BCUT2D eigenvalue weighted by Crippen LogP contribution is 2.15. The number of carboxylic acids is 1. The molecule has 1 amide bonds. The smallest absolute Gasteiger partial charge is 0.322 e. The largest absolute Gasteiger partial charge is 0.505 e. The Morgan fingerprint density at radius 1 is 1.21 bits per heavy atom. The Hall–Kier alpha value is -3.84. The van der Waals surface area contributed by atoms with E-state index in [2.05, 4.69) is 22.1 Å². The first-order chi connectivity index (χ1) is 11.5. The summed E-state index contributed by atoms with van der Waals surface area (Å²) in [5.74, 6) is 3.11. The monoisotopic (exact) mass is 321 g/mol. The number of amides is 1. The fourth-order valence-electron chi connectivity index (χ4n) is 1.77. The maximum Gasteiger partial charge on any atom is 0.322 e. The lowest BCUT2D eigenvalue weighted by molar-refractivity contribution is -0.135. The van der Waals surface area contributed by atoms with Crippen molar-refractivity contribution >= 4 is 11.9 Å². The normalized spacial score (nSPS) is 9.29. The van der Waals surface area contributed by atoms with E-state index in [-0.39, 0.29) is 5.69 Å². The molecule has 7 nitrogen and oxygen atoms in total. The van der Waals surface area contributed by atoms with Crippen molar-refractivity contribution in [3.05, 3.63) is 58.9 Å². The predicted octanol–water partition coefficient (Wildman–Crippen LogP) is 0.873. The fraction of sp³-hybridized carbons (Fsp3) is 0.0588. The summed E-state index contributed by atoms with van der Waals surface area (Å²) in [4.78, 5) is 25.9. The quantitative estimate of drug-likeness (QED) is 0.721. The van der Waals surface area contributed by atoms with Crippen molar-refractivity contribution in [1.29, 1.82) is 5.26 Å². The maximum absolute atomic E-state index is 11.7. The molecule has 0 spiro atoms. The molecule has 0 aliphatic rings. The van der Waals surface area contributed by atoms with Gasteiger partial charge in [-0.15, -0.1) is 0 Å². The van der Waals surface area contributed by atoms with Gasteiger partial charge in [-0.05, 0) is 18.2 Å². The van der Waals surface area contributed by atoms with Crippen LogP contribution in [0.15, 0.2) is 36.5 Å². The zero-order chi connectivity index (χ0) is 17.5. The fourth-order valence-corrected chi connectivity index (χ4v) is 1.77. The van der Waals surface area contributed by atoms with E-state index in [4.69, 9.17) is 10.4 Å². The van der Waals surface area contributed by atoms with Gasteiger partial charge in [0.25, 0.3) is 5.91 Å². The van der Waals surface area contributed by atoms with Crippen LogP contribution in [0.25, 0.3) is 0 Å². The molecule has 0 aliphatic heterocycles. The second kappa shape index (κ2) is 7.43. The van der Waals surface area contributed by atoms with Crippen LogP contribution in [-0.2, 0) is 4.79 Å². The number of hydrogen-bond donors (Lipinski definition) is 3. The average Bonchev–Trinajstić information content (AvgIpc) is 2.58. The Bertz CT molecular complexity index is 904. The van der Waals surface area contributed by atoms with E-state index < -0.39 is 24.2 Å². The first-order valence-corrected chi connectivity index (χ1v) is 6.71. The summed E-state index contributed by atoms with van der Waals surface area (Å²) >= 11 is 0. The molecule has 118 valence electrons. The topological polar surface area (TPSA) is 123 Å². The number of benzene rings is 1. The lowest BCUT2D eigenvalue weighted by Crippen LogP contribution is -2.29. The molecule has 3 N–H and O–H groups in total. The number of aliphatic carboxylic acids is 1. The number of nitrogens with one attached hydrogen (secondary N) is 1. The van der Waals surface area contributed by atoms with Crippen molar-refractivity contribution in [2.45, 2.75) is 0 Å². The second-order valence-electron chi connectivity index (χ2n) is 4.58. The van der Waals surface area contributed by atoms with E-state index in [1.165, 1.54) is 12.3 Å². The van der Waals surface area contributed by atoms with E-state index in [1.54, 1.807) is 24.3 Å². The van der Waals surface area contributed by atoms with Crippen LogP contribution in [0, 0.1) is 23.2 Å². The van der Waals surface area contributed by atoms with E-state index in [1.807, 2.05) is 6.07 Å². The highest BCUT2D eigenvalue weighted by atomic mass is 16.4. The molecule has 1 aromatic carbocycles. The number of carbonyl (C=O) groups excluding carboxylic acids is 1. The molecule has 1 aromatic heterocycles. The van der Waals surface area contributed by atoms with E-state index in [9.17, 15) is 14.7 Å². The van der Waals surface area contributed by atoms with Crippen LogP contribution < -0.4 is 5.32 Å². The summed E-state index contributed by atoms with van der Waals surface area (Å²) in [6.45, 7) is -0.577. The van der Waals surface area contributed by atoms with Gasteiger partial charge in [-0.1, -0.05) is 24.0 Å². The van der Waals surface area contributed by atoms with Crippen molar-refractivity contribution in [2.24, 2.45) is 0 Å². The molecular formula is C17H11N3O4. The molecule has 2 rings (SSSR count). The molecule has 0 fully saturated rings. The standard InChI is InChI=1S/C17H11N3O4/c18-8-13-4-2-1-3-12(13)6-5-11-7-14(21)16(19-9-11)17(24)20-10-15(22)23/h1-4,7,9,21H,10H2,(H,20,24)(H,22,23). The van der Waals surface area contributed by atoms with Crippen LogP contribution in [0.2, 0.25) is 0 Å². The summed E-state index contributed by atoms with van der Waals surface area (Å²) in [6, 6.07) is 10.1. The zero-order valence-corrected chi connectivity index (χ0v) is 12.3. The third-order valence-electron chi connectivity index (χ3n) is 2.87. The lowest BCUT2D eigenvalue weighted by Gasteiger charge is -2.04. The number of pyridine rings is 1. The maximum atomic E-state index is 11.7. The minimum Gasteiger partial charge on any atom is -0.505 e. The molecule has 0 saturated carbocycles. The Kier molecular flexibility index (Phi) is 5.12. The molecule has 7 heteroatoms. The molecule has 24 heavy (non-hydrogen) atoms. The Morgan fingerprint density at radius 2 is 1.92 bits per heavy atom. The highest BCUT2D eigenvalue weighted by molar-refractivity contribution is 5.96. The van der Waals surface area contributed by atoms with Gasteiger partial charge >= 0.3 is 5.97 Å². The molecule has 0 unspecified atom stereocenters. The lowest BCUT2D eigenvalue weighted by atomic mass is 10.1. The van der Waals surface area contributed by atoms with Gasteiger partial charge in [0.05, 0.1) is 5.56 Å². The van der Waals surface area contributed by atoms with Crippen LogP contribution in [-0.4, -0.2) is 33.6 Å². The van der Waals surface area contributed by atoms with Crippen molar-refractivity contribution in [1.82, 2.24) is 10.3 Å². The van der Waals surface area contributed by atoms with Crippen LogP contribution in [0.3, 0.4) is 0 Å². The van der Waals surface area contributed by atoms with Crippen molar-refractivity contribution in [3.8, 4) is 23.7 Å². The van der Waals surface area contributed by atoms with Crippen LogP contribution in [0.5, 0.6) is 5.75 Å². The van der Waals surface area contributed by atoms with E-state index in [0.29, 0.717) is 16.7 Å². The minimum atomic E-state index is -1.21. The number of carbonyl (C=O) groups is 2. The molecular weight excluding hydrogens is 310 g/mol. The molecule has 0 radical (unpaired) electrons. The first kappa shape index (κ1) is 16.5. The number of rotatable bonds is 3. The summed E-state index contributed by atoms with van der Waals surface area (Å²) in [7, 11) is 0. The third-order valence-corrected chi connectivity index (χ3v) is 2.87. The Balaban J connectivity index is 2.22. The number of aromatic hydroxyl groups is 1. The van der Waals surface area contributed by atoms with Crippen LogP contribution >= 0.6 is 0 Å². The summed E-state index contributed by atoms with van der Waals surface area (Å²) < 4.78 is 0. The summed E-state index contributed by atoms with van der Waals surface area (Å²) in [5, 5.41) is 29.4. The average molecular weight is 321 g/mol. The first-order valence-electron chi connectivity index (χ1n) is 6.71. The number of aromatic nitrogens is 1. The second-order valence-corrected chi connectivity index (χ2v) is 4.58. The Labute approximate surface area is 137 Å². The summed E-state index contributed by atoms with van der Waals surface area (Å²) in [6.07, 6.45) is 1.28. The third kappa shape index (κ3) is 4.09. The Morgan fingerprint density at radius 3 is 2.54 bits per heavy atom. The summed E-state index contributed by atoms with van der Waals surface area (Å²) in [5.41, 5.74) is 1.00. The van der Waals surface area contributed by atoms with Crippen LogP contribution in [0.1, 0.15) is 27.2 Å². The van der Waals surface area contributed by atoms with Gasteiger partial charge in [0, 0.05) is 17.3 Å². The van der Waals surface area contributed by atoms with Gasteiger partial charge in [-0.3, -0.25) is 9.59 Å². The van der Waals surface area contributed by atoms with E-state index in [0.717, 1.165) is 0 Å². The van der Waals surface area contributed by atoms with E-state index >= 15 is 0 Å². The van der Waals surface area contributed by atoms with Crippen molar-refractivity contribution < 1.29 is 19.8 Å². The van der Waals surface area contributed by atoms with Crippen molar-refractivity contribution in [3.63, 3.8) is 0 Å². The number of hydrogen-bond acceptors (Lipinski definition) is 5. The van der Waals surface area contributed by atoms with Gasteiger partial charge in [0.15, 0.2) is 5.69 Å². The van der Waals surface area contributed by atoms with Gasteiger partial charge in [-0.25, -0.2) is 4.98 Å². The molecule has 1 heterocycles. The molecule has 0 aliphatic carbocycles. The molecule has 2 aromatic rings. The van der Waals surface area contributed by atoms with Gasteiger partial charge < -0.3 is 15.5 Å². The number of nitriles is 1. The zero-order valence-electron chi connectivity index (χ0n) is 12.3. The molecule has 0 bridgehead atoms. The number of nitrogens with zero attached hydrogens (tertiary/aromatic N) is 2. The molecule has 0 atom stereocenters.